The third-order valence-electron chi connectivity index (χ3n) is 4.48. The Morgan fingerprint density at radius 1 is 1.28 bits per heavy atom. The summed E-state index contributed by atoms with van der Waals surface area (Å²) in [5, 5.41) is 3.43. The number of ether oxygens (including phenoxy) is 1. The zero-order chi connectivity index (χ0) is 18.0. The summed E-state index contributed by atoms with van der Waals surface area (Å²) in [7, 11) is 0. The van der Waals surface area contributed by atoms with Gasteiger partial charge in [-0.1, -0.05) is 11.6 Å². The first-order valence-corrected chi connectivity index (χ1v) is 9.23. The van der Waals surface area contributed by atoms with Crippen LogP contribution in [0.2, 0.25) is 5.02 Å². The fourth-order valence-corrected chi connectivity index (χ4v) is 3.14. The van der Waals surface area contributed by atoms with Crippen molar-refractivity contribution < 1.29 is 14.3 Å². The van der Waals surface area contributed by atoms with Crippen LogP contribution in [0.15, 0.2) is 12.3 Å². The fraction of sp³-hybridized carbons (Fsp3) is 0.611. The Balaban J connectivity index is 1.55. The van der Waals surface area contributed by atoms with Crippen LogP contribution in [-0.4, -0.2) is 46.9 Å². The molecule has 0 radical (unpaired) electrons. The van der Waals surface area contributed by atoms with Crippen LogP contribution >= 0.6 is 11.6 Å². The summed E-state index contributed by atoms with van der Waals surface area (Å²) in [6, 6.07) is 1.77. The second kappa shape index (κ2) is 7.60. The molecular formula is C18H24ClN3O3. The first-order valence-electron chi connectivity index (χ1n) is 8.86. The highest BCUT2D eigenvalue weighted by atomic mass is 35.5. The van der Waals surface area contributed by atoms with Crippen LogP contribution in [0, 0.1) is 5.92 Å². The van der Waals surface area contributed by atoms with E-state index in [1.54, 1.807) is 11.0 Å². The van der Waals surface area contributed by atoms with Gasteiger partial charge in [-0.15, -0.1) is 0 Å². The molecule has 3 rings (SSSR count). The van der Waals surface area contributed by atoms with Crippen LogP contribution in [0.4, 0.5) is 0 Å². The molecule has 7 heteroatoms. The molecule has 2 fully saturated rings. The van der Waals surface area contributed by atoms with E-state index >= 15 is 0 Å². The predicted molar refractivity (Wildman–Crippen MR) is 94.8 cm³/mol. The molecule has 0 atom stereocenters. The van der Waals surface area contributed by atoms with Crippen molar-refractivity contribution in [2.24, 2.45) is 5.92 Å². The van der Waals surface area contributed by atoms with E-state index in [9.17, 15) is 9.59 Å². The number of hydrogen-bond donors (Lipinski definition) is 1. The first-order chi connectivity index (χ1) is 11.9. The van der Waals surface area contributed by atoms with Gasteiger partial charge >= 0.3 is 0 Å². The lowest BCUT2D eigenvalue weighted by Crippen LogP contribution is -2.46. The van der Waals surface area contributed by atoms with E-state index in [0.29, 0.717) is 29.6 Å². The quantitative estimate of drug-likeness (QED) is 0.870. The molecule has 1 saturated heterocycles. The van der Waals surface area contributed by atoms with Crippen LogP contribution in [-0.2, 0) is 4.79 Å². The van der Waals surface area contributed by atoms with Gasteiger partial charge in [-0.05, 0) is 45.6 Å². The van der Waals surface area contributed by atoms with Gasteiger partial charge in [-0.2, -0.15) is 0 Å². The van der Waals surface area contributed by atoms with Crippen LogP contribution in [0.25, 0.3) is 0 Å². The standard InChI is InChI=1S/C18H24ClN3O3/c1-11(2)25-17-15(19)9-13(10-20-17)18(24)22-7-5-14(6-8-22)21-16(23)12-3-4-12/h9-12,14H,3-8H2,1-2H3,(H,21,23). The molecule has 1 aliphatic heterocycles. The molecule has 1 saturated carbocycles. The lowest BCUT2D eigenvalue weighted by atomic mass is 10.0. The summed E-state index contributed by atoms with van der Waals surface area (Å²) in [4.78, 5) is 30.4. The molecular weight excluding hydrogens is 342 g/mol. The smallest absolute Gasteiger partial charge is 0.255 e. The molecule has 6 nitrogen and oxygen atoms in total. The highest BCUT2D eigenvalue weighted by molar-refractivity contribution is 6.32. The van der Waals surface area contributed by atoms with Gasteiger partial charge < -0.3 is 15.0 Å². The van der Waals surface area contributed by atoms with Crippen molar-refractivity contribution >= 4 is 23.4 Å². The maximum Gasteiger partial charge on any atom is 0.255 e. The summed E-state index contributed by atoms with van der Waals surface area (Å²) in [6.45, 7) is 5.03. The van der Waals surface area contributed by atoms with Crippen LogP contribution < -0.4 is 10.1 Å². The maximum atomic E-state index is 12.6. The number of pyridine rings is 1. The molecule has 0 unspecified atom stereocenters. The van der Waals surface area contributed by atoms with Gasteiger partial charge in [0.15, 0.2) is 0 Å². The Bertz CT molecular complexity index is 653. The van der Waals surface area contributed by atoms with E-state index in [2.05, 4.69) is 10.3 Å². The van der Waals surface area contributed by atoms with Gasteiger partial charge in [0, 0.05) is 31.2 Å². The van der Waals surface area contributed by atoms with E-state index < -0.39 is 0 Å². The van der Waals surface area contributed by atoms with Gasteiger partial charge in [0.1, 0.15) is 5.02 Å². The summed E-state index contributed by atoms with van der Waals surface area (Å²) in [5.74, 6) is 0.646. The van der Waals surface area contributed by atoms with Gasteiger partial charge in [0.25, 0.3) is 5.91 Å². The molecule has 0 aromatic carbocycles. The van der Waals surface area contributed by atoms with Gasteiger partial charge in [-0.3, -0.25) is 9.59 Å². The van der Waals surface area contributed by atoms with Crippen molar-refractivity contribution in [3.05, 3.63) is 22.8 Å². The van der Waals surface area contributed by atoms with Crippen molar-refractivity contribution in [3.63, 3.8) is 0 Å². The second-order valence-electron chi connectivity index (χ2n) is 7.03. The number of hydrogen-bond acceptors (Lipinski definition) is 4. The van der Waals surface area contributed by atoms with Gasteiger partial charge in [0.05, 0.1) is 11.7 Å². The lowest BCUT2D eigenvalue weighted by Gasteiger charge is -2.32. The van der Waals surface area contributed by atoms with E-state index in [-0.39, 0.29) is 29.9 Å². The summed E-state index contributed by atoms with van der Waals surface area (Å²) in [6.07, 6.45) is 5.05. The van der Waals surface area contributed by atoms with Crippen molar-refractivity contribution in [2.45, 2.75) is 51.7 Å². The monoisotopic (exact) mass is 365 g/mol. The zero-order valence-electron chi connectivity index (χ0n) is 14.6. The highest BCUT2D eigenvalue weighted by Crippen LogP contribution is 2.29. The van der Waals surface area contributed by atoms with Crippen molar-refractivity contribution in [1.82, 2.24) is 15.2 Å². The maximum absolute atomic E-state index is 12.6. The molecule has 1 aromatic rings. The Labute approximate surface area is 152 Å². The number of likely N-dealkylation sites (tertiary alicyclic amines) is 1. The minimum Gasteiger partial charge on any atom is -0.474 e. The molecule has 0 spiro atoms. The molecule has 1 aliphatic carbocycles. The van der Waals surface area contributed by atoms with Gasteiger partial charge in [-0.25, -0.2) is 4.98 Å². The van der Waals surface area contributed by atoms with Crippen molar-refractivity contribution in [2.75, 3.05) is 13.1 Å². The second-order valence-corrected chi connectivity index (χ2v) is 7.43. The molecule has 2 amide bonds. The molecule has 0 bridgehead atoms. The van der Waals surface area contributed by atoms with Gasteiger partial charge in [0.2, 0.25) is 11.8 Å². The Hall–Kier alpha value is -1.82. The van der Waals surface area contributed by atoms with Crippen LogP contribution in [0.5, 0.6) is 5.88 Å². The normalized spacial score (nSPS) is 18.3. The Kier molecular flexibility index (Phi) is 5.47. The van der Waals surface area contributed by atoms with Crippen molar-refractivity contribution in [1.29, 1.82) is 0 Å². The third kappa shape index (κ3) is 4.63. The van der Waals surface area contributed by atoms with E-state index in [0.717, 1.165) is 25.7 Å². The number of piperidine rings is 1. The number of amides is 2. The summed E-state index contributed by atoms with van der Waals surface area (Å²) < 4.78 is 5.49. The number of carbonyl (C=O) groups excluding carboxylic acids is 2. The Morgan fingerprint density at radius 3 is 2.52 bits per heavy atom. The average molecular weight is 366 g/mol. The fourth-order valence-electron chi connectivity index (χ4n) is 2.93. The number of aromatic nitrogens is 1. The number of nitrogens with zero attached hydrogens (tertiary/aromatic N) is 2. The number of rotatable bonds is 5. The molecule has 25 heavy (non-hydrogen) atoms. The van der Waals surface area contributed by atoms with E-state index in [1.807, 2.05) is 13.8 Å². The number of halogens is 1. The molecule has 2 heterocycles. The summed E-state index contributed by atoms with van der Waals surface area (Å²) >= 11 is 6.17. The third-order valence-corrected chi connectivity index (χ3v) is 4.75. The Morgan fingerprint density at radius 2 is 1.96 bits per heavy atom. The van der Waals surface area contributed by atoms with E-state index in [4.69, 9.17) is 16.3 Å². The SMILES string of the molecule is CC(C)Oc1ncc(C(=O)N2CCC(NC(=O)C3CC3)CC2)cc1Cl. The lowest BCUT2D eigenvalue weighted by molar-refractivity contribution is -0.123. The van der Waals surface area contributed by atoms with Crippen LogP contribution in [0.3, 0.4) is 0 Å². The zero-order valence-corrected chi connectivity index (χ0v) is 15.4. The number of carbonyl (C=O) groups is 2. The largest absolute Gasteiger partial charge is 0.474 e. The predicted octanol–water partition coefficient (Wildman–Crippen LogP) is 2.65. The molecule has 2 aliphatic rings. The van der Waals surface area contributed by atoms with E-state index in [1.165, 1.54) is 6.20 Å². The number of nitrogens with one attached hydrogen (secondary N) is 1. The minimum atomic E-state index is -0.0857. The first kappa shape index (κ1) is 18.0. The molecule has 1 aromatic heterocycles. The molecule has 1 N–H and O–H groups in total. The topological polar surface area (TPSA) is 71.5 Å². The molecule has 136 valence electrons. The minimum absolute atomic E-state index is 0.0311. The highest BCUT2D eigenvalue weighted by Gasteiger charge is 2.32. The van der Waals surface area contributed by atoms with Crippen molar-refractivity contribution in [3.8, 4) is 5.88 Å². The summed E-state index contributed by atoms with van der Waals surface area (Å²) in [5.41, 5.74) is 0.460. The average Bonchev–Trinajstić information content (AvgIpc) is 3.41. The van der Waals surface area contributed by atoms with Crippen LogP contribution in [0.1, 0.15) is 49.9 Å².